The van der Waals surface area contributed by atoms with Crippen molar-refractivity contribution >= 4 is 49.1 Å². The zero-order valence-electron chi connectivity index (χ0n) is 10.9. The van der Waals surface area contributed by atoms with E-state index in [0.29, 0.717) is 17.5 Å². The number of ether oxygens (including phenoxy) is 1. The number of nitrogens with zero attached hydrogens (tertiary/aromatic N) is 1. The van der Waals surface area contributed by atoms with Crippen molar-refractivity contribution in [3.8, 4) is 0 Å². The number of morpholine rings is 1. The van der Waals surface area contributed by atoms with Crippen molar-refractivity contribution in [3.05, 3.63) is 19.2 Å². The van der Waals surface area contributed by atoms with Gasteiger partial charge in [0.05, 0.1) is 21.4 Å². The maximum Gasteiger partial charge on any atom is 0.261 e. The number of carbonyl (C=O) groups excluding carboxylic acids is 1. The number of hydrogen-bond acceptors (Lipinski definition) is 4. The monoisotopic (exact) mass is 422 g/mol. The third-order valence-electron chi connectivity index (χ3n) is 3.82. The SMILES string of the molecule is O=C(NCC1CN2CCCC2CO1)c1cc(Br)c(Br)s1. The first kappa shape index (κ1) is 15.0. The Morgan fingerprint density at radius 3 is 3.15 bits per heavy atom. The van der Waals surface area contributed by atoms with Crippen LogP contribution in [0.5, 0.6) is 0 Å². The van der Waals surface area contributed by atoms with Gasteiger partial charge in [-0.2, -0.15) is 0 Å². The van der Waals surface area contributed by atoms with E-state index < -0.39 is 0 Å². The van der Waals surface area contributed by atoms with Gasteiger partial charge in [-0.05, 0) is 57.3 Å². The smallest absolute Gasteiger partial charge is 0.261 e. The molecule has 0 radical (unpaired) electrons. The fourth-order valence-corrected chi connectivity index (χ4v) is 4.71. The molecule has 20 heavy (non-hydrogen) atoms. The van der Waals surface area contributed by atoms with Gasteiger partial charge in [0, 0.05) is 23.6 Å². The Hall–Kier alpha value is 0.0500. The number of thiophene rings is 1. The van der Waals surface area contributed by atoms with E-state index in [2.05, 4.69) is 42.1 Å². The lowest BCUT2D eigenvalue weighted by molar-refractivity contribution is -0.0461. The van der Waals surface area contributed by atoms with Crippen molar-refractivity contribution in [2.45, 2.75) is 25.0 Å². The van der Waals surface area contributed by atoms with Crippen LogP contribution in [0, 0.1) is 0 Å². The molecule has 2 aliphatic heterocycles. The van der Waals surface area contributed by atoms with Crippen LogP contribution in [0.1, 0.15) is 22.5 Å². The molecule has 1 aromatic rings. The van der Waals surface area contributed by atoms with Gasteiger partial charge in [0.2, 0.25) is 0 Å². The van der Waals surface area contributed by atoms with Gasteiger partial charge < -0.3 is 10.1 Å². The second-order valence-electron chi connectivity index (χ2n) is 5.19. The van der Waals surface area contributed by atoms with Crippen LogP contribution in [-0.4, -0.2) is 49.2 Å². The van der Waals surface area contributed by atoms with Crippen molar-refractivity contribution < 1.29 is 9.53 Å². The summed E-state index contributed by atoms with van der Waals surface area (Å²) in [5.41, 5.74) is 0. The Morgan fingerprint density at radius 2 is 2.40 bits per heavy atom. The third-order valence-corrected chi connectivity index (χ3v) is 7.08. The van der Waals surface area contributed by atoms with Gasteiger partial charge in [0.15, 0.2) is 0 Å². The molecule has 0 spiro atoms. The maximum absolute atomic E-state index is 12.1. The quantitative estimate of drug-likeness (QED) is 0.812. The van der Waals surface area contributed by atoms with E-state index in [-0.39, 0.29) is 12.0 Å². The van der Waals surface area contributed by atoms with E-state index in [1.54, 1.807) is 0 Å². The van der Waals surface area contributed by atoms with Crippen LogP contribution in [0.2, 0.25) is 0 Å². The summed E-state index contributed by atoms with van der Waals surface area (Å²) in [6.45, 7) is 3.48. The van der Waals surface area contributed by atoms with Crippen LogP contribution < -0.4 is 5.32 Å². The molecule has 0 aliphatic carbocycles. The highest BCUT2D eigenvalue weighted by Crippen LogP contribution is 2.32. The minimum absolute atomic E-state index is 0.0338. The standard InChI is InChI=1S/C13H16Br2N2O2S/c14-10-4-11(20-12(10)15)13(18)16-5-9-6-17-3-1-2-8(17)7-19-9/h4,8-9H,1-3,5-7H2,(H,16,18). The van der Waals surface area contributed by atoms with E-state index >= 15 is 0 Å². The van der Waals surface area contributed by atoms with Gasteiger partial charge in [0.25, 0.3) is 5.91 Å². The van der Waals surface area contributed by atoms with Gasteiger partial charge in [-0.15, -0.1) is 11.3 Å². The maximum atomic E-state index is 12.1. The van der Waals surface area contributed by atoms with E-state index in [1.165, 1.54) is 30.7 Å². The molecule has 2 fully saturated rings. The van der Waals surface area contributed by atoms with Crippen LogP contribution in [-0.2, 0) is 4.74 Å². The molecule has 0 aromatic carbocycles. The molecule has 0 bridgehead atoms. The zero-order valence-corrected chi connectivity index (χ0v) is 14.9. The third kappa shape index (κ3) is 3.27. The molecule has 2 saturated heterocycles. The average Bonchev–Trinajstić information content (AvgIpc) is 3.03. The van der Waals surface area contributed by atoms with Crippen LogP contribution in [0.4, 0.5) is 0 Å². The van der Waals surface area contributed by atoms with Crippen molar-refractivity contribution in [3.63, 3.8) is 0 Å². The van der Waals surface area contributed by atoms with Crippen LogP contribution in [0.3, 0.4) is 0 Å². The highest BCUT2D eigenvalue weighted by Gasteiger charge is 2.32. The molecule has 3 heterocycles. The average molecular weight is 424 g/mol. The Labute approximate surface area is 139 Å². The molecular formula is C13H16Br2N2O2S. The molecule has 1 amide bonds. The van der Waals surface area contributed by atoms with Gasteiger partial charge in [0.1, 0.15) is 0 Å². The lowest BCUT2D eigenvalue weighted by Crippen LogP contribution is -2.50. The Balaban J connectivity index is 1.50. The molecule has 1 N–H and O–H groups in total. The molecule has 2 atom stereocenters. The number of nitrogens with one attached hydrogen (secondary N) is 1. The molecule has 3 rings (SSSR count). The number of hydrogen-bond donors (Lipinski definition) is 1. The molecule has 2 aliphatic rings. The normalized spacial score (nSPS) is 26.5. The molecule has 7 heteroatoms. The summed E-state index contributed by atoms with van der Waals surface area (Å²) in [5, 5.41) is 2.97. The summed E-state index contributed by atoms with van der Waals surface area (Å²) in [6.07, 6.45) is 2.63. The molecule has 110 valence electrons. The number of carbonyl (C=O) groups is 1. The second kappa shape index (κ2) is 6.44. The van der Waals surface area contributed by atoms with Crippen LogP contribution >= 0.6 is 43.2 Å². The van der Waals surface area contributed by atoms with Gasteiger partial charge >= 0.3 is 0 Å². The zero-order chi connectivity index (χ0) is 14.1. The summed E-state index contributed by atoms with van der Waals surface area (Å²) < 4.78 is 7.69. The molecule has 1 aromatic heterocycles. The van der Waals surface area contributed by atoms with Gasteiger partial charge in [-0.1, -0.05) is 0 Å². The number of fused-ring (bicyclic) bond motifs is 1. The lowest BCUT2D eigenvalue weighted by atomic mass is 10.2. The lowest BCUT2D eigenvalue weighted by Gasteiger charge is -2.35. The minimum Gasteiger partial charge on any atom is -0.373 e. The summed E-state index contributed by atoms with van der Waals surface area (Å²) in [5.74, 6) is -0.0338. The van der Waals surface area contributed by atoms with Crippen molar-refractivity contribution in [1.82, 2.24) is 10.2 Å². The highest BCUT2D eigenvalue weighted by molar-refractivity contribution is 9.13. The number of amides is 1. The predicted octanol–water partition coefficient (Wildman–Crippen LogP) is 2.87. The van der Waals surface area contributed by atoms with Crippen molar-refractivity contribution in [2.24, 2.45) is 0 Å². The fraction of sp³-hybridized carbons (Fsp3) is 0.615. The first-order valence-electron chi connectivity index (χ1n) is 6.72. The second-order valence-corrected chi connectivity index (χ2v) is 8.41. The van der Waals surface area contributed by atoms with Crippen LogP contribution in [0.15, 0.2) is 14.3 Å². The minimum atomic E-state index is -0.0338. The topological polar surface area (TPSA) is 41.6 Å². The van der Waals surface area contributed by atoms with E-state index in [0.717, 1.165) is 21.4 Å². The number of halogens is 2. The summed E-state index contributed by atoms with van der Waals surface area (Å²) in [6, 6.07) is 2.44. The first-order chi connectivity index (χ1) is 9.63. The Morgan fingerprint density at radius 1 is 1.55 bits per heavy atom. The molecule has 4 nitrogen and oxygen atoms in total. The van der Waals surface area contributed by atoms with E-state index in [1.807, 2.05) is 6.07 Å². The highest BCUT2D eigenvalue weighted by atomic mass is 79.9. The number of rotatable bonds is 3. The summed E-state index contributed by atoms with van der Waals surface area (Å²) in [7, 11) is 0. The fourth-order valence-electron chi connectivity index (χ4n) is 2.76. The molecular weight excluding hydrogens is 408 g/mol. The van der Waals surface area contributed by atoms with Gasteiger partial charge in [-0.3, -0.25) is 9.69 Å². The van der Waals surface area contributed by atoms with Crippen molar-refractivity contribution in [1.29, 1.82) is 0 Å². The van der Waals surface area contributed by atoms with E-state index in [4.69, 9.17) is 4.74 Å². The van der Waals surface area contributed by atoms with Crippen molar-refractivity contribution in [2.75, 3.05) is 26.2 Å². The van der Waals surface area contributed by atoms with Crippen LogP contribution in [0.25, 0.3) is 0 Å². The van der Waals surface area contributed by atoms with E-state index in [9.17, 15) is 4.79 Å². The molecule has 2 unspecified atom stereocenters. The van der Waals surface area contributed by atoms with Gasteiger partial charge in [-0.25, -0.2) is 0 Å². The predicted molar refractivity (Wildman–Crippen MR) is 86.4 cm³/mol. The Kier molecular flexibility index (Phi) is 4.82. The first-order valence-corrected chi connectivity index (χ1v) is 9.12. The Bertz CT molecular complexity index is 489. The molecule has 0 saturated carbocycles. The summed E-state index contributed by atoms with van der Waals surface area (Å²) in [4.78, 5) is 15.3. The largest absolute Gasteiger partial charge is 0.373 e. The summed E-state index contributed by atoms with van der Waals surface area (Å²) >= 11 is 8.23.